The summed E-state index contributed by atoms with van der Waals surface area (Å²) in [6, 6.07) is 0. The molecule has 6 N–H and O–H groups in total. The van der Waals surface area contributed by atoms with Gasteiger partial charge in [-0.05, 0) is 5.92 Å². The second kappa shape index (κ2) is 22.7. The van der Waals surface area contributed by atoms with Gasteiger partial charge in [0.15, 0.2) is 0 Å². The number of hydrogen-bond acceptors (Lipinski definition) is 2. The Labute approximate surface area is 77.1 Å². The van der Waals surface area contributed by atoms with E-state index < -0.39 is 0 Å². The predicted molar refractivity (Wildman–Crippen MR) is 54.3 cm³/mol. The molecular weight excluding hydrogens is 171 g/mol. The van der Waals surface area contributed by atoms with E-state index in [0.717, 1.165) is 5.92 Å². The van der Waals surface area contributed by atoms with Gasteiger partial charge in [0.2, 0.25) is 0 Å². The molecular formula is C6H22Cl2N2. The molecule has 0 rings (SSSR count). The summed E-state index contributed by atoms with van der Waals surface area (Å²) in [5.74, 6) is 0.898. The Kier molecular flexibility index (Phi) is 71.1. The third-order valence-electron chi connectivity index (χ3n) is 0.866. The molecule has 0 saturated heterocycles. The molecule has 0 unspecified atom stereocenters. The van der Waals surface area contributed by atoms with Gasteiger partial charge in [-0.2, -0.15) is 0 Å². The fourth-order valence-electron chi connectivity index (χ4n) is 0.577. The van der Waals surface area contributed by atoms with Crippen LogP contribution in [0.2, 0.25) is 0 Å². The van der Waals surface area contributed by atoms with E-state index in [4.69, 9.17) is 0 Å². The highest BCUT2D eigenvalue weighted by atomic mass is 35.5. The van der Waals surface area contributed by atoms with Crippen LogP contribution in [0.1, 0.15) is 33.6 Å². The van der Waals surface area contributed by atoms with Gasteiger partial charge in [-0.15, -0.1) is 24.8 Å². The largest absolute Gasteiger partial charge is 0.344 e. The Morgan fingerprint density at radius 2 is 1.30 bits per heavy atom. The van der Waals surface area contributed by atoms with Crippen molar-refractivity contribution in [2.45, 2.75) is 33.6 Å². The average Bonchev–Trinajstić information content (AvgIpc) is 1.35. The summed E-state index contributed by atoms with van der Waals surface area (Å²) in [6.07, 6.45) is 2.71. The third-order valence-corrected chi connectivity index (χ3v) is 0.866. The molecule has 0 aliphatic rings. The van der Waals surface area contributed by atoms with Crippen LogP contribution in [-0.2, 0) is 0 Å². The molecule has 0 aromatic carbocycles. The highest BCUT2D eigenvalue weighted by Crippen LogP contribution is 2.00. The minimum atomic E-state index is 0. The number of hydrogen-bond donors (Lipinski definition) is 2. The van der Waals surface area contributed by atoms with Gasteiger partial charge in [0.1, 0.15) is 0 Å². The molecule has 2 nitrogen and oxygen atoms in total. The van der Waals surface area contributed by atoms with Gasteiger partial charge in [0.25, 0.3) is 0 Å². The lowest BCUT2D eigenvalue weighted by molar-refractivity contribution is 0.576. The van der Waals surface area contributed by atoms with Gasteiger partial charge in [0.05, 0.1) is 0 Å². The van der Waals surface area contributed by atoms with Crippen LogP contribution in [0.3, 0.4) is 0 Å². The van der Waals surface area contributed by atoms with Crippen LogP contribution >= 0.6 is 24.8 Å². The first-order chi connectivity index (χ1) is 2.77. The summed E-state index contributed by atoms with van der Waals surface area (Å²) in [5.41, 5.74) is 0. The van der Waals surface area contributed by atoms with Crippen LogP contribution in [0.15, 0.2) is 0 Å². The molecule has 0 heterocycles. The van der Waals surface area contributed by atoms with E-state index in [-0.39, 0.29) is 37.1 Å². The first-order valence-corrected chi connectivity index (χ1v) is 2.77. The van der Waals surface area contributed by atoms with Crippen LogP contribution in [0, 0.1) is 5.92 Å². The molecule has 0 fully saturated rings. The normalized spacial score (nSPS) is 6.00. The van der Waals surface area contributed by atoms with Crippen molar-refractivity contribution in [2.24, 2.45) is 5.92 Å². The zero-order chi connectivity index (χ0) is 4.99. The first-order valence-electron chi connectivity index (χ1n) is 2.77. The van der Waals surface area contributed by atoms with Gasteiger partial charge in [0, 0.05) is 0 Å². The fraction of sp³-hybridized carbons (Fsp3) is 1.00. The van der Waals surface area contributed by atoms with Crippen molar-refractivity contribution in [1.82, 2.24) is 12.3 Å². The van der Waals surface area contributed by atoms with Crippen LogP contribution in [-0.4, -0.2) is 0 Å². The van der Waals surface area contributed by atoms with Crippen molar-refractivity contribution in [3.63, 3.8) is 0 Å². The summed E-state index contributed by atoms with van der Waals surface area (Å²) in [5, 5.41) is 0. The van der Waals surface area contributed by atoms with E-state index in [1.165, 1.54) is 12.8 Å². The lowest BCUT2D eigenvalue weighted by Crippen LogP contribution is -1.81. The Balaban J connectivity index is -0.0000000208. The summed E-state index contributed by atoms with van der Waals surface area (Å²) < 4.78 is 0. The Morgan fingerprint density at radius 3 is 1.30 bits per heavy atom. The minimum Gasteiger partial charge on any atom is -0.344 e. The molecule has 0 spiro atoms. The summed E-state index contributed by atoms with van der Waals surface area (Å²) in [4.78, 5) is 0. The molecule has 0 atom stereocenters. The van der Waals surface area contributed by atoms with Crippen molar-refractivity contribution >= 4 is 24.8 Å². The zero-order valence-corrected chi connectivity index (χ0v) is 8.86. The lowest BCUT2D eigenvalue weighted by Gasteiger charge is -1.95. The lowest BCUT2D eigenvalue weighted by atomic mass is 10.1. The molecule has 0 amide bonds. The number of rotatable bonds is 2. The molecule has 70 valence electrons. The number of halogens is 2. The maximum absolute atomic E-state index is 2.25. The van der Waals surface area contributed by atoms with Crippen molar-refractivity contribution in [2.75, 3.05) is 0 Å². The molecule has 0 radical (unpaired) electrons. The maximum atomic E-state index is 2.25. The van der Waals surface area contributed by atoms with Crippen LogP contribution in [0.5, 0.6) is 0 Å². The average molecular weight is 193 g/mol. The molecule has 0 aliphatic carbocycles. The quantitative estimate of drug-likeness (QED) is 0.703. The summed E-state index contributed by atoms with van der Waals surface area (Å²) in [6.45, 7) is 6.73. The molecule has 10 heavy (non-hydrogen) atoms. The Bertz CT molecular complexity index is 34.9. The Morgan fingerprint density at radius 1 is 1.00 bits per heavy atom. The van der Waals surface area contributed by atoms with Gasteiger partial charge in [-0.25, -0.2) is 0 Å². The van der Waals surface area contributed by atoms with Crippen molar-refractivity contribution in [1.29, 1.82) is 0 Å². The van der Waals surface area contributed by atoms with Crippen LogP contribution in [0.25, 0.3) is 0 Å². The smallest absolute Gasteiger partial charge is 0.0471 e. The zero-order valence-electron chi connectivity index (χ0n) is 7.22. The van der Waals surface area contributed by atoms with Gasteiger partial charge in [-0.3, -0.25) is 0 Å². The van der Waals surface area contributed by atoms with E-state index >= 15 is 0 Å². The molecule has 0 aliphatic heterocycles. The van der Waals surface area contributed by atoms with E-state index in [9.17, 15) is 0 Å². The molecule has 0 aromatic heterocycles. The SMILES string of the molecule is CCCC(C)C.Cl.Cl.N.N. The predicted octanol–water partition coefficient (Wildman–Crippen LogP) is 3.61. The van der Waals surface area contributed by atoms with E-state index in [1.807, 2.05) is 0 Å². The summed E-state index contributed by atoms with van der Waals surface area (Å²) >= 11 is 0. The van der Waals surface area contributed by atoms with E-state index in [2.05, 4.69) is 20.8 Å². The standard InChI is InChI=1S/C6H14.2ClH.2H3N/c1-4-5-6(2)3;;;;/h6H,4-5H2,1-3H3;2*1H;2*1H3. The fourth-order valence-corrected chi connectivity index (χ4v) is 0.577. The van der Waals surface area contributed by atoms with E-state index in [1.54, 1.807) is 0 Å². The molecule has 0 bridgehead atoms. The summed E-state index contributed by atoms with van der Waals surface area (Å²) in [7, 11) is 0. The van der Waals surface area contributed by atoms with Gasteiger partial charge >= 0.3 is 0 Å². The van der Waals surface area contributed by atoms with Crippen molar-refractivity contribution in [3.05, 3.63) is 0 Å². The van der Waals surface area contributed by atoms with Crippen molar-refractivity contribution in [3.8, 4) is 0 Å². The molecule has 0 aromatic rings. The highest BCUT2D eigenvalue weighted by molar-refractivity contribution is 5.85. The van der Waals surface area contributed by atoms with Gasteiger partial charge < -0.3 is 12.3 Å². The van der Waals surface area contributed by atoms with Crippen LogP contribution < -0.4 is 12.3 Å². The second-order valence-electron chi connectivity index (χ2n) is 2.18. The second-order valence-corrected chi connectivity index (χ2v) is 2.18. The highest BCUT2D eigenvalue weighted by Gasteiger charge is 1.85. The van der Waals surface area contributed by atoms with Gasteiger partial charge in [-0.1, -0.05) is 33.6 Å². The minimum absolute atomic E-state index is 0. The van der Waals surface area contributed by atoms with Crippen LogP contribution in [0.4, 0.5) is 0 Å². The topological polar surface area (TPSA) is 70.0 Å². The Hall–Kier alpha value is 0.500. The first kappa shape index (κ1) is 31.3. The van der Waals surface area contributed by atoms with Crippen molar-refractivity contribution < 1.29 is 0 Å². The third kappa shape index (κ3) is 39.0. The van der Waals surface area contributed by atoms with E-state index in [0.29, 0.717) is 0 Å². The maximum Gasteiger partial charge on any atom is -0.0471 e. The molecule has 4 heteroatoms. The molecule has 0 saturated carbocycles. The monoisotopic (exact) mass is 192 g/mol.